The molecule has 1 aromatic rings. The lowest BCUT2D eigenvalue weighted by molar-refractivity contribution is 0.252. The van der Waals surface area contributed by atoms with Crippen LogP contribution >= 0.6 is 0 Å². The van der Waals surface area contributed by atoms with Crippen molar-refractivity contribution in [1.29, 1.82) is 0 Å². The number of aromatic hydroxyl groups is 1. The number of likely N-dealkylation sites (tertiary alicyclic amines) is 1. The van der Waals surface area contributed by atoms with Gasteiger partial charge in [0, 0.05) is 25.7 Å². The van der Waals surface area contributed by atoms with Gasteiger partial charge in [-0.25, -0.2) is 4.39 Å². The highest BCUT2D eigenvalue weighted by molar-refractivity contribution is 5.28. The highest BCUT2D eigenvalue weighted by atomic mass is 19.1. The van der Waals surface area contributed by atoms with Gasteiger partial charge in [0.05, 0.1) is 0 Å². The van der Waals surface area contributed by atoms with Gasteiger partial charge >= 0.3 is 0 Å². The third-order valence-electron chi connectivity index (χ3n) is 3.39. The van der Waals surface area contributed by atoms with Gasteiger partial charge in [0.2, 0.25) is 0 Å². The van der Waals surface area contributed by atoms with Gasteiger partial charge in [-0.15, -0.1) is 0 Å². The normalized spacial score (nSPS) is 16.6. The molecule has 1 aliphatic rings. The third-order valence-corrected chi connectivity index (χ3v) is 3.39. The molecule has 1 saturated heterocycles. The zero-order valence-corrected chi connectivity index (χ0v) is 10.9. The molecule has 0 radical (unpaired) electrons. The number of rotatable bonds is 5. The molecule has 0 unspecified atom stereocenters. The van der Waals surface area contributed by atoms with Gasteiger partial charge in [-0.3, -0.25) is 0 Å². The quantitative estimate of drug-likeness (QED) is 0.869. The highest BCUT2D eigenvalue weighted by Gasteiger charge is 2.12. The van der Waals surface area contributed by atoms with Crippen LogP contribution < -0.4 is 0 Å². The van der Waals surface area contributed by atoms with Crippen molar-refractivity contribution in [3.05, 3.63) is 29.6 Å². The SMILES string of the molecule is CN(CCN1CCCC1)Cc1cc(O)cc(F)c1. The molecule has 1 heterocycles. The summed E-state index contributed by atoms with van der Waals surface area (Å²) in [6.07, 6.45) is 2.61. The minimum absolute atomic E-state index is 0.00190. The van der Waals surface area contributed by atoms with Crippen molar-refractivity contribution in [2.45, 2.75) is 19.4 Å². The smallest absolute Gasteiger partial charge is 0.127 e. The molecule has 1 aromatic carbocycles. The van der Waals surface area contributed by atoms with E-state index in [0.29, 0.717) is 6.54 Å². The van der Waals surface area contributed by atoms with Gasteiger partial charge in [-0.05, 0) is 50.7 Å². The van der Waals surface area contributed by atoms with E-state index < -0.39 is 0 Å². The third kappa shape index (κ3) is 3.96. The maximum Gasteiger partial charge on any atom is 0.127 e. The zero-order chi connectivity index (χ0) is 13.0. The van der Waals surface area contributed by atoms with E-state index in [1.165, 1.54) is 32.0 Å². The van der Waals surface area contributed by atoms with Gasteiger partial charge in [-0.1, -0.05) is 0 Å². The molecule has 100 valence electrons. The molecule has 0 spiro atoms. The molecular weight excluding hydrogens is 231 g/mol. The zero-order valence-electron chi connectivity index (χ0n) is 10.9. The molecule has 0 atom stereocenters. The predicted molar refractivity (Wildman–Crippen MR) is 70.1 cm³/mol. The average molecular weight is 252 g/mol. The number of hydrogen-bond donors (Lipinski definition) is 1. The van der Waals surface area contributed by atoms with Gasteiger partial charge < -0.3 is 14.9 Å². The van der Waals surface area contributed by atoms with Gasteiger partial charge in [0.15, 0.2) is 0 Å². The van der Waals surface area contributed by atoms with Crippen LogP contribution in [0.4, 0.5) is 4.39 Å². The van der Waals surface area contributed by atoms with E-state index >= 15 is 0 Å². The van der Waals surface area contributed by atoms with Crippen LogP contribution in [0.3, 0.4) is 0 Å². The molecule has 3 nitrogen and oxygen atoms in total. The van der Waals surface area contributed by atoms with Crippen LogP contribution in [0.1, 0.15) is 18.4 Å². The van der Waals surface area contributed by atoms with Crippen LogP contribution in [-0.2, 0) is 6.54 Å². The van der Waals surface area contributed by atoms with E-state index in [-0.39, 0.29) is 11.6 Å². The van der Waals surface area contributed by atoms with Crippen molar-refractivity contribution in [1.82, 2.24) is 9.80 Å². The Labute approximate surface area is 108 Å². The highest BCUT2D eigenvalue weighted by Crippen LogP contribution is 2.16. The molecule has 1 N–H and O–H groups in total. The summed E-state index contributed by atoms with van der Waals surface area (Å²) in [4.78, 5) is 4.62. The Bertz CT molecular complexity index is 371. The number of nitrogens with zero attached hydrogens (tertiary/aromatic N) is 2. The van der Waals surface area contributed by atoms with Crippen molar-refractivity contribution >= 4 is 0 Å². The summed E-state index contributed by atoms with van der Waals surface area (Å²) >= 11 is 0. The Kier molecular flexibility index (Phi) is 4.55. The predicted octanol–water partition coefficient (Wildman–Crippen LogP) is 2.06. The molecule has 0 aliphatic carbocycles. The molecule has 0 aromatic heterocycles. The minimum atomic E-state index is -0.377. The summed E-state index contributed by atoms with van der Waals surface area (Å²) < 4.78 is 13.1. The first-order chi connectivity index (χ1) is 8.63. The molecule has 1 aliphatic heterocycles. The Balaban J connectivity index is 1.80. The largest absolute Gasteiger partial charge is 0.508 e. The number of hydrogen-bond acceptors (Lipinski definition) is 3. The summed E-state index contributed by atoms with van der Waals surface area (Å²) in [6.45, 7) is 5.11. The Morgan fingerprint density at radius 1 is 1.28 bits per heavy atom. The Morgan fingerprint density at radius 2 is 2.00 bits per heavy atom. The van der Waals surface area contributed by atoms with E-state index in [1.54, 1.807) is 6.07 Å². The molecule has 0 amide bonds. The van der Waals surface area contributed by atoms with Crippen molar-refractivity contribution < 1.29 is 9.50 Å². The van der Waals surface area contributed by atoms with E-state index in [1.807, 2.05) is 7.05 Å². The second-order valence-electron chi connectivity index (χ2n) is 5.10. The maximum absolute atomic E-state index is 13.1. The van der Waals surface area contributed by atoms with Crippen molar-refractivity contribution in [3.63, 3.8) is 0 Å². The lowest BCUT2D eigenvalue weighted by atomic mass is 10.2. The monoisotopic (exact) mass is 252 g/mol. The van der Waals surface area contributed by atoms with Gasteiger partial charge in [0.1, 0.15) is 11.6 Å². The van der Waals surface area contributed by atoms with Crippen molar-refractivity contribution in [3.8, 4) is 5.75 Å². The van der Waals surface area contributed by atoms with Gasteiger partial charge in [-0.2, -0.15) is 0 Å². The number of phenols is 1. The molecule has 2 rings (SSSR count). The fourth-order valence-corrected chi connectivity index (χ4v) is 2.43. The summed E-state index contributed by atoms with van der Waals surface area (Å²) in [5, 5.41) is 9.34. The van der Waals surface area contributed by atoms with Gasteiger partial charge in [0.25, 0.3) is 0 Å². The number of halogens is 1. The maximum atomic E-state index is 13.1. The van der Waals surface area contributed by atoms with Crippen LogP contribution in [0.25, 0.3) is 0 Å². The molecule has 1 fully saturated rings. The van der Waals surface area contributed by atoms with E-state index in [0.717, 1.165) is 24.7 Å². The second kappa shape index (κ2) is 6.16. The van der Waals surface area contributed by atoms with E-state index in [9.17, 15) is 9.50 Å². The standard InChI is InChI=1S/C14H21FN2O/c1-16(6-7-17-4-2-3-5-17)11-12-8-13(15)10-14(18)9-12/h8-10,18H,2-7,11H2,1H3. The van der Waals surface area contributed by atoms with Crippen LogP contribution in [0, 0.1) is 5.82 Å². The molecule has 18 heavy (non-hydrogen) atoms. The van der Waals surface area contributed by atoms with Crippen LogP contribution in [-0.4, -0.2) is 48.1 Å². The van der Waals surface area contributed by atoms with Crippen LogP contribution in [0.5, 0.6) is 5.75 Å². The van der Waals surface area contributed by atoms with Crippen molar-refractivity contribution in [2.75, 3.05) is 33.2 Å². The minimum Gasteiger partial charge on any atom is -0.508 e. The fourth-order valence-electron chi connectivity index (χ4n) is 2.43. The van der Waals surface area contributed by atoms with Crippen molar-refractivity contribution in [2.24, 2.45) is 0 Å². The summed E-state index contributed by atoms with van der Waals surface area (Å²) in [7, 11) is 2.03. The molecule has 4 heteroatoms. The molecular formula is C14H21FN2O. The number of phenolic OH excluding ortho intramolecular Hbond substituents is 1. The average Bonchev–Trinajstić information content (AvgIpc) is 2.77. The lowest BCUT2D eigenvalue weighted by Crippen LogP contribution is -2.31. The number of likely N-dealkylation sites (N-methyl/N-ethyl adjacent to an activating group) is 1. The van der Waals surface area contributed by atoms with Crippen LogP contribution in [0.15, 0.2) is 18.2 Å². The number of benzene rings is 1. The first-order valence-corrected chi connectivity index (χ1v) is 6.53. The Morgan fingerprint density at radius 3 is 2.67 bits per heavy atom. The Hall–Kier alpha value is -1.13. The first-order valence-electron chi connectivity index (χ1n) is 6.53. The second-order valence-corrected chi connectivity index (χ2v) is 5.10. The molecule has 0 bridgehead atoms. The molecule has 0 saturated carbocycles. The van der Waals surface area contributed by atoms with E-state index in [4.69, 9.17) is 0 Å². The first kappa shape index (κ1) is 13.3. The van der Waals surface area contributed by atoms with E-state index in [2.05, 4.69) is 9.80 Å². The summed E-state index contributed by atoms with van der Waals surface area (Å²) in [5.41, 5.74) is 0.816. The van der Waals surface area contributed by atoms with Crippen LogP contribution in [0.2, 0.25) is 0 Å². The topological polar surface area (TPSA) is 26.7 Å². The lowest BCUT2D eigenvalue weighted by Gasteiger charge is -2.21. The summed E-state index contributed by atoms with van der Waals surface area (Å²) in [6, 6.07) is 4.23. The fraction of sp³-hybridized carbons (Fsp3) is 0.571. The summed E-state index contributed by atoms with van der Waals surface area (Å²) in [5.74, 6) is -0.379.